The Bertz CT molecular complexity index is 508. The third-order valence-electron chi connectivity index (χ3n) is 2.02. The van der Waals surface area contributed by atoms with E-state index in [1.54, 1.807) is 6.20 Å². The van der Waals surface area contributed by atoms with Crippen molar-refractivity contribution in [2.45, 2.75) is 6.54 Å². The Kier molecular flexibility index (Phi) is 3.44. The largest absolute Gasteiger partial charge is 0.266 e. The van der Waals surface area contributed by atoms with Crippen LogP contribution in [0, 0.1) is 15.3 Å². The standard InChI is InChI=1S/C10H6ClF2IN2/c11-8-5-16(15-10(8)14)4-6-1-2-7(12)3-9(6)13/h1-3,5H,4H2. The summed E-state index contributed by atoms with van der Waals surface area (Å²) in [6, 6.07) is 3.47. The molecule has 2 nitrogen and oxygen atoms in total. The second kappa shape index (κ2) is 4.67. The van der Waals surface area contributed by atoms with Crippen molar-refractivity contribution in [2.75, 3.05) is 0 Å². The van der Waals surface area contributed by atoms with E-state index >= 15 is 0 Å². The van der Waals surface area contributed by atoms with Crippen molar-refractivity contribution in [3.05, 3.63) is 50.3 Å². The molecule has 0 aliphatic carbocycles. The van der Waals surface area contributed by atoms with E-state index in [0.29, 0.717) is 14.3 Å². The van der Waals surface area contributed by atoms with Crippen molar-refractivity contribution in [3.8, 4) is 0 Å². The zero-order valence-corrected chi connectivity index (χ0v) is 10.8. The lowest BCUT2D eigenvalue weighted by molar-refractivity contribution is 0.558. The molecular weight excluding hydrogens is 348 g/mol. The summed E-state index contributed by atoms with van der Waals surface area (Å²) in [4.78, 5) is 0. The highest BCUT2D eigenvalue weighted by molar-refractivity contribution is 14.1. The lowest BCUT2D eigenvalue weighted by Crippen LogP contribution is -2.03. The molecule has 2 rings (SSSR count). The average molecular weight is 355 g/mol. The minimum atomic E-state index is -0.589. The van der Waals surface area contributed by atoms with Gasteiger partial charge in [0.25, 0.3) is 0 Å². The summed E-state index contributed by atoms with van der Waals surface area (Å²) < 4.78 is 28.2. The highest BCUT2D eigenvalue weighted by Gasteiger charge is 2.07. The summed E-state index contributed by atoms with van der Waals surface area (Å²) in [5.41, 5.74) is 0.372. The van der Waals surface area contributed by atoms with E-state index in [1.807, 2.05) is 22.6 Å². The Morgan fingerprint density at radius 2 is 2.12 bits per heavy atom. The molecule has 0 saturated heterocycles. The maximum atomic E-state index is 13.3. The minimum Gasteiger partial charge on any atom is -0.266 e. The van der Waals surface area contributed by atoms with E-state index in [0.717, 1.165) is 6.07 Å². The number of aromatic nitrogens is 2. The smallest absolute Gasteiger partial charge is 0.141 e. The molecular formula is C10H6ClF2IN2. The zero-order chi connectivity index (χ0) is 11.7. The van der Waals surface area contributed by atoms with Crippen LogP contribution >= 0.6 is 34.2 Å². The molecule has 0 spiro atoms. The molecule has 0 N–H and O–H groups in total. The quantitative estimate of drug-likeness (QED) is 0.755. The van der Waals surface area contributed by atoms with E-state index in [2.05, 4.69) is 5.10 Å². The number of hydrogen-bond acceptors (Lipinski definition) is 1. The van der Waals surface area contributed by atoms with Gasteiger partial charge in [-0.3, -0.25) is 4.68 Å². The van der Waals surface area contributed by atoms with E-state index in [4.69, 9.17) is 11.6 Å². The third-order valence-corrected chi connectivity index (χ3v) is 3.42. The fourth-order valence-electron chi connectivity index (χ4n) is 1.28. The van der Waals surface area contributed by atoms with Crippen LogP contribution in [0.1, 0.15) is 5.56 Å². The summed E-state index contributed by atoms with van der Waals surface area (Å²) in [7, 11) is 0. The van der Waals surface area contributed by atoms with Gasteiger partial charge in [0, 0.05) is 17.8 Å². The lowest BCUT2D eigenvalue weighted by atomic mass is 10.2. The topological polar surface area (TPSA) is 17.8 Å². The molecule has 0 amide bonds. The van der Waals surface area contributed by atoms with Crippen molar-refractivity contribution < 1.29 is 8.78 Å². The van der Waals surface area contributed by atoms with Gasteiger partial charge in [-0.25, -0.2) is 8.78 Å². The zero-order valence-electron chi connectivity index (χ0n) is 7.92. The first-order chi connectivity index (χ1) is 7.56. The van der Waals surface area contributed by atoms with E-state index < -0.39 is 11.6 Å². The molecule has 0 bridgehead atoms. The summed E-state index contributed by atoms with van der Waals surface area (Å²) >= 11 is 7.80. The molecule has 1 heterocycles. The molecule has 2 aromatic rings. The molecule has 0 fully saturated rings. The van der Waals surface area contributed by atoms with Gasteiger partial charge in [0.15, 0.2) is 0 Å². The first-order valence-corrected chi connectivity index (χ1v) is 5.84. The van der Waals surface area contributed by atoms with Crippen LogP contribution in [0.15, 0.2) is 24.4 Å². The fourth-order valence-corrected chi connectivity index (χ4v) is 1.85. The molecule has 6 heteroatoms. The molecule has 84 valence electrons. The SMILES string of the molecule is Fc1ccc(Cn2cc(Cl)c(I)n2)c(F)c1. The number of hydrogen-bond donors (Lipinski definition) is 0. The van der Waals surface area contributed by atoms with Crippen LogP contribution in [0.4, 0.5) is 8.78 Å². The monoisotopic (exact) mass is 354 g/mol. The van der Waals surface area contributed by atoms with Crippen molar-refractivity contribution in [2.24, 2.45) is 0 Å². The molecule has 1 aromatic carbocycles. The van der Waals surface area contributed by atoms with Gasteiger partial charge in [-0.1, -0.05) is 17.7 Å². The predicted octanol–water partition coefficient (Wildman–Crippen LogP) is 3.47. The maximum absolute atomic E-state index is 13.3. The minimum absolute atomic E-state index is 0.231. The number of rotatable bonds is 2. The van der Waals surface area contributed by atoms with E-state index in [9.17, 15) is 8.78 Å². The summed E-state index contributed by atoms with van der Waals surface area (Å²) in [5, 5.41) is 4.60. The maximum Gasteiger partial charge on any atom is 0.141 e. The van der Waals surface area contributed by atoms with Crippen LogP contribution < -0.4 is 0 Å². The second-order valence-electron chi connectivity index (χ2n) is 3.20. The van der Waals surface area contributed by atoms with Gasteiger partial charge in [0.05, 0.1) is 11.6 Å². The first-order valence-electron chi connectivity index (χ1n) is 4.38. The number of benzene rings is 1. The van der Waals surface area contributed by atoms with Gasteiger partial charge in [0.1, 0.15) is 15.3 Å². The van der Waals surface area contributed by atoms with Gasteiger partial charge in [-0.2, -0.15) is 5.10 Å². The van der Waals surface area contributed by atoms with Crippen LogP contribution in [0.3, 0.4) is 0 Å². The Morgan fingerprint density at radius 3 is 2.69 bits per heavy atom. The van der Waals surface area contributed by atoms with Crippen molar-refractivity contribution in [1.82, 2.24) is 9.78 Å². The highest BCUT2D eigenvalue weighted by atomic mass is 127. The molecule has 0 saturated carbocycles. The molecule has 1 aromatic heterocycles. The summed E-state index contributed by atoms with van der Waals surface area (Å²) in [6.07, 6.45) is 1.60. The Hall–Kier alpha value is -0.690. The summed E-state index contributed by atoms with van der Waals surface area (Å²) in [5.74, 6) is -1.17. The molecule has 0 radical (unpaired) electrons. The number of nitrogens with zero attached hydrogens (tertiary/aromatic N) is 2. The van der Waals surface area contributed by atoms with Gasteiger partial charge in [-0.05, 0) is 28.7 Å². The van der Waals surface area contributed by atoms with Crippen LogP contribution in [0.5, 0.6) is 0 Å². The van der Waals surface area contributed by atoms with Crippen LogP contribution in [-0.2, 0) is 6.54 Å². The number of halogens is 4. The third kappa shape index (κ3) is 2.52. The Labute approximate surface area is 109 Å². The molecule has 0 aliphatic rings. The van der Waals surface area contributed by atoms with E-state index in [1.165, 1.54) is 16.8 Å². The Morgan fingerprint density at radius 1 is 1.38 bits per heavy atom. The second-order valence-corrected chi connectivity index (χ2v) is 4.63. The lowest BCUT2D eigenvalue weighted by Gasteiger charge is -2.03. The van der Waals surface area contributed by atoms with Crippen molar-refractivity contribution in [3.63, 3.8) is 0 Å². The Balaban J connectivity index is 2.27. The first kappa shape index (κ1) is 11.8. The highest BCUT2D eigenvalue weighted by Crippen LogP contribution is 2.17. The fraction of sp³-hybridized carbons (Fsp3) is 0.100. The van der Waals surface area contributed by atoms with Crippen LogP contribution in [0.2, 0.25) is 5.02 Å². The molecule has 0 unspecified atom stereocenters. The molecule has 0 atom stereocenters. The summed E-state index contributed by atoms with van der Waals surface area (Å²) in [6.45, 7) is 0.231. The molecule has 0 aliphatic heterocycles. The van der Waals surface area contributed by atoms with Gasteiger partial charge in [-0.15, -0.1) is 0 Å². The van der Waals surface area contributed by atoms with Gasteiger partial charge in [0.2, 0.25) is 0 Å². The van der Waals surface area contributed by atoms with E-state index in [-0.39, 0.29) is 6.54 Å². The predicted molar refractivity (Wildman–Crippen MR) is 65.4 cm³/mol. The van der Waals surface area contributed by atoms with Crippen molar-refractivity contribution in [1.29, 1.82) is 0 Å². The van der Waals surface area contributed by atoms with Crippen LogP contribution in [-0.4, -0.2) is 9.78 Å². The molecule has 16 heavy (non-hydrogen) atoms. The van der Waals surface area contributed by atoms with Crippen molar-refractivity contribution >= 4 is 34.2 Å². The average Bonchev–Trinajstić information content (AvgIpc) is 2.51. The normalized spacial score (nSPS) is 10.8. The van der Waals surface area contributed by atoms with Gasteiger partial charge < -0.3 is 0 Å². The van der Waals surface area contributed by atoms with Crippen LogP contribution in [0.25, 0.3) is 0 Å². The van der Waals surface area contributed by atoms with Gasteiger partial charge >= 0.3 is 0 Å².